The highest BCUT2D eigenvalue weighted by Gasteiger charge is 2.52. The summed E-state index contributed by atoms with van der Waals surface area (Å²) in [7, 11) is 0. The van der Waals surface area contributed by atoms with E-state index in [1.54, 1.807) is 0 Å². The first kappa shape index (κ1) is 17.5. The third-order valence-corrected chi connectivity index (χ3v) is 5.12. The zero-order chi connectivity index (χ0) is 16.9. The molecule has 0 bridgehead atoms. The van der Waals surface area contributed by atoms with E-state index in [1.807, 2.05) is 4.90 Å². The molecule has 6 N–H and O–H groups in total. The molecule has 0 saturated carbocycles. The summed E-state index contributed by atoms with van der Waals surface area (Å²) in [4.78, 5) is 1.83. The Bertz CT molecular complexity index is 426. The number of hydrogen-bond acceptors (Lipinski definition) is 9. The summed E-state index contributed by atoms with van der Waals surface area (Å²) in [5.74, 6) is 0. The Morgan fingerprint density at radius 1 is 0.913 bits per heavy atom. The van der Waals surface area contributed by atoms with E-state index in [1.165, 1.54) is 6.92 Å². The van der Waals surface area contributed by atoms with Crippen molar-refractivity contribution in [3.05, 3.63) is 0 Å². The molecule has 3 rings (SSSR count). The Labute approximate surface area is 133 Å². The van der Waals surface area contributed by atoms with Crippen LogP contribution in [0.4, 0.5) is 0 Å². The molecule has 9 heteroatoms. The minimum atomic E-state index is -1.50. The second kappa shape index (κ2) is 6.51. The van der Waals surface area contributed by atoms with E-state index in [0.29, 0.717) is 13.0 Å². The predicted octanol–water partition coefficient (Wildman–Crippen LogP) is -3.63. The Balaban J connectivity index is 1.76. The number of fused-ring (bicyclic) bond motifs is 1. The Morgan fingerprint density at radius 3 is 2.30 bits per heavy atom. The average Bonchev–Trinajstić information content (AvgIpc) is 2.87. The zero-order valence-electron chi connectivity index (χ0n) is 12.8. The first-order valence-corrected chi connectivity index (χ1v) is 7.94. The van der Waals surface area contributed by atoms with Crippen molar-refractivity contribution in [3.8, 4) is 0 Å². The molecule has 0 amide bonds. The van der Waals surface area contributed by atoms with Crippen LogP contribution in [0, 0.1) is 0 Å². The van der Waals surface area contributed by atoms with Gasteiger partial charge in [0, 0.05) is 13.1 Å². The fraction of sp³-hybridized carbons (Fsp3) is 1.00. The summed E-state index contributed by atoms with van der Waals surface area (Å²) >= 11 is 0. The highest BCUT2D eigenvalue weighted by Crippen LogP contribution is 2.33. The molecule has 0 aromatic rings. The minimum absolute atomic E-state index is 0.231. The number of rotatable bonds is 2. The van der Waals surface area contributed by atoms with E-state index in [0.717, 1.165) is 0 Å². The maximum atomic E-state index is 10.2. The lowest BCUT2D eigenvalue weighted by Crippen LogP contribution is -2.65. The lowest BCUT2D eigenvalue weighted by Gasteiger charge is -2.46. The molecular weight excluding hydrogens is 310 g/mol. The van der Waals surface area contributed by atoms with Crippen molar-refractivity contribution < 1.29 is 40.1 Å². The minimum Gasteiger partial charge on any atom is -0.391 e. The number of hydrogen-bond donors (Lipinski definition) is 6. The van der Waals surface area contributed by atoms with Crippen molar-refractivity contribution in [1.29, 1.82) is 0 Å². The lowest BCUT2D eigenvalue weighted by atomic mass is 9.92. The van der Waals surface area contributed by atoms with Crippen molar-refractivity contribution in [2.75, 3.05) is 13.1 Å². The maximum Gasteiger partial charge on any atom is 0.187 e. The van der Waals surface area contributed by atoms with Crippen molar-refractivity contribution in [2.45, 2.75) is 74.5 Å². The molecule has 0 aromatic carbocycles. The molecule has 0 radical (unpaired) electrons. The Kier molecular flexibility index (Phi) is 4.94. The van der Waals surface area contributed by atoms with Crippen molar-refractivity contribution in [1.82, 2.24) is 4.90 Å². The number of aliphatic hydroxyl groups excluding tert-OH is 6. The van der Waals surface area contributed by atoms with Crippen LogP contribution in [0.5, 0.6) is 0 Å². The maximum absolute atomic E-state index is 10.2. The second-order valence-electron chi connectivity index (χ2n) is 6.68. The summed E-state index contributed by atoms with van der Waals surface area (Å²) in [6.45, 7) is 2.33. The molecule has 0 unspecified atom stereocenters. The van der Waals surface area contributed by atoms with E-state index >= 15 is 0 Å². The van der Waals surface area contributed by atoms with Crippen LogP contribution in [-0.4, -0.2) is 110 Å². The number of piperidine rings is 1. The van der Waals surface area contributed by atoms with E-state index in [4.69, 9.17) is 9.47 Å². The van der Waals surface area contributed by atoms with Crippen LogP contribution in [0.15, 0.2) is 0 Å². The van der Waals surface area contributed by atoms with Crippen LogP contribution in [0.3, 0.4) is 0 Å². The number of nitrogens with zero attached hydrogens (tertiary/aromatic N) is 1. The molecular formula is C14H25NO8. The molecule has 0 aromatic heterocycles. The van der Waals surface area contributed by atoms with Gasteiger partial charge >= 0.3 is 0 Å². The molecule has 3 saturated heterocycles. The van der Waals surface area contributed by atoms with Gasteiger partial charge in [0.1, 0.15) is 30.5 Å². The van der Waals surface area contributed by atoms with Gasteiger partial charge in [-0.2, -0.15) is 0 Å². The molecule has 134 valence electrons. The summed E-state index contributed by atoms with van der Waals surface area (Å²) in [5, 5.41) is 59.9. The Morgan fingerprint density at radius 2 is 1.61 bits per heavy atom. The predicted molar refractivity (Wildman–Crippen MR) is 75.2 cm³/mol. The average molecular weight is 335 g/mol. The van der Waals surface area contributed by atoms with Crippen LogP contribution in [0.25, 0.3) is 0 Å². The molecule has 9 nitrogen and oxygen atoms in total. The molecule has 0 aliphatic carbocycles. The van der Waals surface area contributed by atoms with Crippen LogP contribution >= 0.6 is 0 Å². The molecule has 3 aliphatic heterocycles. The smallest absolute Gasteiger partial charge is 0.187 e. The van der Waals surface area contributed by atoms with Gasteiger partial charge in [0.25, 0.3) is 0 Å². The fourth-order valence-electron chi connectivity index (χ4n) is 3.71. The van der Waals surface area contributed by atoms with Gasteiger partial charge in [-0.3, -0.25) is 4.90 Å². The van der Waals surface area contributed by atoms with E-state index in [2.05, 4.69) is 0 Å². The monoisotopic (exact) mass is 335 g/mol. The van der Waals surface area contributed by atoms with Crippen molar-refractivity contribution in [3.63, 3.8) is 0 Å². The number of ether oxygens (including phenoxy) is 2. The lowest BCUT2D eigenvalue weighted by molar-refractivity contribution is -0.323. The van der Waals surface area contributed by atoms with Gasteiger partial charge in [0.15, 0.2) is 6.29 Å². The van der Waals surface area contributed by atoms with Gasteiger partial charge in [-0.1, -0.05) is 0 Å². The first-order chi connectivity index (χ1) is 10.8. The highest BCUT2D eigenvalue weighted by atomic mass is 16.7. The van der Waals surface area contributed by atoms with Crippen molar-refractivity contribution >= 4 is 0 Å². The van der Waals surface area contributed by atoms with E-state index in [-0.39, 0.29) is 6.54 Å². The first-order valence-electron chi connectivity index (χ1n) is 7.94. The molecule has 0 spiro atoms. The zero-order valence-corrected chi connectivity index (χ0v) is 12.8. The van der Waals surface area contributed by atoms with E-state index < -0.39 is 61.2 Å². The largest absolute Gasteiger partial charge is 0.391 e. The normalized spacial score (nSPS) is 54.9. The van der Waals surface area contributed by atoms with Gasteiger partial charge < -0.3 is 40.1 Å². The van der Waals surface area contributed by atoms with Crippen LogP contribution in [-0.2, 0) is 9.47 Å². The molecule has 3 heterocycles. The highest BCUT2D eigenvalue weighted by molar-refractivity contribution is 5.03. The molecule has 10 atom stereocenters. The summed E-state index contributed by atoms with van der Waals surface area (Å²) < 4.78 is 11.0. The third-order valence-electron chi connectivity index (χ3n) is 5.12. The number of aliphatic hydroxyl groups is 6. The van der Waals surface area contributed by atoms with Crippen LogP contribution in [0.1, 0.15) is 13.3 Å². The summed E-state index contributed by atoms with van der Waals surface area (Å²) in [6, 6.07) is -0.525. The third kappa shape index (κ3) is 3.01. The van der Waals surface area contributed by atoms with E-state index in [9.17, 15) is 30.6 Å². The van der Waals surface area contributed by atoms with Gasteiger partial charge in [0.2, 0.25) is 0 Å². The second-order valence-corrected chi connectivity index (χ2v) is 6.68. The SMILES string of the molecule is C[C@@H]1O[C@H](O[C@H]2[C@H](O)[C@@H](O)CN3CC[C@H](O)[C@H]23)[C@@H](O)[C@H](O)[C@@H]1O. The standard InChI is InChI=1S/C14H25NO8/c1-5-9(18)11(20)12(21)14(22-5)23-13-8-6(16)2-3-15(8)4-7(17)10(13)19/h5-14,16-21H,2-4H2,1H3/t5-,6-,7-,8+,9+,10+,11+,12-,13+,14+/m0/s1. The van der Waals surface area contributed by atoms with Crippen LogP contribution < -0.4 is 0 Å². The van der Waals surface area contributed by atoms with Crippen molar-refractivity contribution in [2.24, 2.45) is 0 Å². The van der Waals surface area contributed by atoms with Gasteiger partial charge in [-0.15, -0.1) is 0 Å². The summed E-state index contributed by atoms with van der Waals surface area (Å²) in [5.41, 5.74) is 0. The van der Waals surface area contributed by atoms with Gasteiger partial charge in [0.05, 0.1) is 24.4 Å². The van der Waals surface area contributed by atoms with Gasteiger partial charge in [-0.25, -0.2) is 0 Å². The quantitative estimate of drug-likeness (QED) is 0.301. The topological polar surface area (TPSA) is 143 Å². The molecule has 3 fully saturated rings. The molecule has 3 aliphatic rings. The van der Waals surface area contributed by atoms with Gasteiger partial charge in [-0.05, 0) is 13.3 Å². The Hall–Kier alpha value is -0.360. The molecule has 23 heavy (non-hydrogen) atoms. The van der Waals surface area contributed by atoms with Crippen LogP contribution in [0.2, 0.25) is 0 Å². The summed E-state index contributed by atoms with van der Waals surface area (Å²) in [6.07, 6.45) is -9.75. The fourth-order valence-corrected chi connectivity index (χ4v) is 3.71.